The lowest BCUT2D eigenvalue weighted by molar-refractivity contribution is -0.143. The number of carbonyl (C=O) groups is 13. The number of oxime groups is 1. The number of nitrogens with one attached hydrogen (secondary N) is 11. The van der Waals surface area contributed by atoms with Gasteiger partial charge in [-0.05, 0) is 101 Å². The number of unbranched alkanes of at least 4 members (excludes halogenated alkanes) is 2. The molecule has 124 heavy (non-hydrogen) atoms. The third kappa shape index (κ3) is 29.0. The maximum absolute atomic E-state index is 14.4. The summed E-state index contributed by atoms with van der Waals surface area (Å²) >= 11 is 0. The number of nitrogens with zero attached hydrogens (tertiary/aromatic N) is 7. The highest BCUT2D eigenvalue weighted by Gasteiger charge is 2.38. The Morgan fingerprint density at radius 3 is 1.98 bits per heavy atom. The Morgan fingerprint density at radius 2 is 1.34 bits per heavy atom. The summed E-state index contributed by atoms with van der Waals surface area (Å²) in [7, 11) is 6.07. The van der Waals surface area contributed by atoms with E-state index >= 15 is 0 Å². The number of aliphatic carboxylic acids is 4. The maximum atomic E-state index is 14.4. The number of aromatic amines is 1. The average Bonchev–Trinajstić information content (AvgIpc) is 1.58. The van der Waals surface area contributed by atoms with E-state index in [1.807, 2.05) is 0 Å². The molecular weight excluding hydrogens is 1670 g/mol. The van der Waals surface area contributed by atoms with E-state index in [1.54, 1.807) is 42.3 Å². The van der Waals surface area contributed by atoms with Gasteiger partial charge in [-0.3, -0.25) is 78.2 Å². The number of carboxylic acids is 4. The molecule has 3 aliphatic heterocycles. The molecule has 3 aromatic carbocycles. The molecule has 0 unspecified atom stereocenters. The number of anilines is 3. The lowest BCUT2D eigenvalue weighted by Gasteiger charge is -2.26. The van der Waals surface area contributed by atoms with Gasteiger partial charge < -0.3 is 113 Å². The number of ether oxygens (including phenoxy) is 5. The number of methoxy groups -OCH3 is 2. The van der Waals surface area contributed by atoms with Crippen LogP contribution in [-0.4, -0.2) is 266 Å². The Kier molecular flexibility index (Phi) is 36.1. The third-order valence-corrected chi connectivity index (χ3v) is 21.4. The lowest BCUT2D eigenvalue weighted by atomic mass is 10.1. The molecule has 46 heteroatoms. The van der Waals surface area contributed by atoms with Crippen molar-refractivity contribution in [2.24, 2.45) is 15.9 Å². The highest BCUT2D eigenvalue weighted by Crippen LogP contribution is 2.40. The van der Waals surface area contributed by atoms with Crippen molar-refractivity contribution >= 4 is 151 Å². The van der Waals surface area contributed by atoms with Gasteiger partial charge in [0, 0.05) is 79.6 Å². The minimum absolute atomic E-state index is 0.00182. The van der Waals surface area contributed by atoms with Gasteiger partial charge in [0.2, 0.25) is 35.5 Å². The van der Waals surface area contributed by atoms with E-state index < -0.39 is 157 Å². The second-order valence-electron chi connectivity index (χ2n) is 28.5. The fourth-order valence-corrected chi connectivity index (χ4v) is 14.8. The van der Waals surface area contributed by atoms with Crippen molar-refractivity contribution < 1.29 is 111 Å². The molecule has 0 saturated carbocycles. The summed E-state index contributed by atoms with van der Waals surface area (Å²) in [5, 5.41) is 73.2. The van der Waals surface area contributed by atoms with Gasteiger partial charge in [-0.15, -0.1) is 0 Å². The van der Waals surface area contributed by atoms with Crippen molar-refractivity contribution in [3.8, 4) is 23.0 Å². The predicted molar refractivity (Wildman–Crippen MR) is 452 cm³/mol. The lowest BCUT2D eigenvalue weighted by Crippen LogP contribution is -2.59. The highest BCUT2D eigenvalue weighted by molar-refractivity contribution is 8.76. The number of fused-ring (bicyclic) bond motifs is 3. The first-order valence-electron chi connectivity index (χ1n) is 38.8. The number of hydrogen-bond acceptors (Lipinski definition) is 30. The van der Waals surface area contributed by atoms with Crippen LogP contribution in [0, 0.1) is 5.41 Å². The van der Waals surface area contributed by atoms with Crippen LogP contribution >= 0.6 is 21.6 Å². The van der Waals surface area contributed by atoms with E-state index in [-0.39, 0.29) is 128 Å². The molecule has 0 aliphatic carbocycles. The van der Waals surface area contributed by atoms with Gasteiger partial charge >= 0.3 is 30.0 Å². The number of carbonyl (C=O) groups excluding carboxylic acids is 9. The van der Waals surface area contributed by atoms with Gasteiger partial charge in [0.15, 0.2) is 40.1 Å². The van der Waals surface area contributed by atoms with E-state index in [1.165, 1.54) is 62.9 Å². The molecule has 5 heterocycles. The first kappa shape index (κ1) is 95.6. The van der Waals surface area contributed by atoms with Crippen molar-refractivity contribution in [3.63, 3.8) is 0 Å². The maximum Gasteiger partial charge on any atom is 0.411 e. The monoisotopic (exact) mass is 1760 g/mol. The SMILES string of the molecule is C=C1C[C@H]2C=Nc3cc(OCCCCCOc4cc(NC(=O)OCCSSC[C@H](NC(=O)[C@H](CCC(=O)O)NC(=O)[C@H](CC(=O)O)NC(=O)[C@H](CCCNC(=N)N)NC(=O)[C@H](CC(=O)O)NC(=O)CC[C@@H](C)NC(=O)c5ccc(NCc6cnc7nc(N)[nH]c(=O)c7n6)cc5)C(=O)O)c(C(=O)N5CC(=C)C[C@H]5/C=N/OC)cc4OC)c(OC)cc3C(=O)N2C1. The normalized spacial score (nSPS) is 15.4. The first-order chi connectivity index (χ1) is 59.2. The van der Waals surface area contributed by atoms with Gasteiger partial charge in [0.1, 0.15) is 43.9 Å². The number of H-pyrrole nitrogens is 1. The summed E-state index contributed by atoms with van der Waals surface area (Å²) in [6, 6.07) is 1.50. The molecule has 2 aromatic heterocycles. The topological polar surface area (TPSA) is 645 Å². The van der Waals surface area contributed by atoms with Crippen LogP contribution in [0.25, 0.3) is 11.2 Å². The number of guanidine groups is 1. The summed E-state index contributed by atoms with van der Waals surface area (Å²) in [4.78, 5) is 213. The molecular formula is C78H98N20O24S2. The number of aliphatic imine (C=N–C) groups is 1. The minimum Gasteiger partial charge on any atom is -0.493 e. The Bertz CT molecular complexity index is 4940. The zero-order chi connectivity index (χ0) is 90.3. The molecule has 3 aliphatic rings. The van der Waals surface area contributed by atoms with E-state index in [4.69, 9.17) is 45.4 Å². The van der Waals surface area contributed by atoms with E-state index in [0.29, 0.717) is 78.4 Å². The molecule has 9 amide bonds. The summed E-state index contributed by atoms with van der Waals surface area (Å²) in [5.41, 5.74) is 14.1. The predicted octanol–water partition coefficient (Wildman–Crippen LogP) is 2.56. The van der Waals surface area contributed by atoms with Crippen LogP contribution in [0.4, 0.5) is 27.8 Å². The molecule has 5 aromatic rings. The summed E-state index contributed by atoms with van der Waals surface area (Å²) in [6.45, 7) is 10.4. The van der Waals surface area contributed by atoms with Crippen LogP contribution in [0.1, 0.15) is 127 Å². The molecule has 8 atom stereocenters. The minimum atomic E-state index is -2.12. The fraction of sp³-hybridized carbons (Fsp3) is 0.436. The van der Waals surface area contributed by atoms with E-state index in [2.05, 4.69) is 91.1 Å². The number of nitrogens with two attached hydrogens (primary N) is 2. The average molecular weight is 1760 g/mol. The van der Waals surface area contributed by atoms with Gasteiger partial charge in [-0.25, -0.2) is 19.6 Å². The smallest absolute Gasteiger partial charge is 0.411 e. The van der Waals surface area contributed by atoms with Crippen molar-refractivity contribution in [2.75, 3.05) is 88.7 Å². The Hall–Kier alpha value is -13.8. The van der Waals surface area contributed by atoms with Crippen LogP contribution in [0.15, 0.2) is 94.0 Å². The van der Waals surface area contributed by atoms with Crippen molar-refractivity contribution in [2.45, 2.75) is 145 Å². The van der Waals surface area contributed by atoms with Crippen molar-refractivity contribution in [1.82, 2.24) is 67.0 Å². The molecule has 0 bridgehead atoms. The Labute approximate surface area is 716 Å². The van der Waals surface area contributed by atoms with Gasteiger partial charge in [0.25, 0.3) is 23.3 Å². The van der Waals surface area contributed by atoms with E-state index in [0.717, 1.165) is 27.2 Å². The zero-order valence-corrected chi connectivity index (χ0v) is 69.6. The summed E-state index contributed by atoms with van der Waals surface area (Å²) in [6.07, 6.45) is 1.61. The number of nitrogen functional groups attached to an aromatic ring is 1. The number of aromatic nitrogens is 4. The molecule has 2 fully saturated rings. The van der Waals surface area contributed by atoms with Crippen LogP contribution in [0.3, 0.4) is 0 Å². The standard InChI is InChI=1S/C78H98N20O24S2/c1-40-25-46-35-84-52-29-59(57(117-4)27-48(52)73(112)97(46)37-40)120-21-8-7-9-22-121-60-30-53(49(28-58(60)118-5)74(113)98-38-41(2)26-47(98)36-86-119-6)94-78(116)122-23-24-123-124-39-56(75(114)115)93-69(108)51(17-19-62(100)101)91-71(110)55(32-64(104)105)92-68(107)50(11-10-20-82-76(79)80)90-70(109)54(31-63(102)103)89-61(99)18-12-42(3)87-67(106)43-13-15-44(16-14-43)83-33-45-34-85-66-65(88-45)72(111)96-77(81)95-66/h13-16,27-30,34-36,42,46-47,50-51,54-56,83H,1-2,7-12,17-26,31-33,37-39H2,3-6H3,(H,87,106)(H,89,99)(H,90,109)(H,91,110)(H,92,107)(H,93,108)(H,94,116)(H,100,101)(H,102,103)(H,104,105)(H,114,115)(H4,79,80,82)(H3,81,85,95,96,111)/b86-36+/t42-,46+,47+,50+,51+,54+,55+,56+/m1/s1. The molecule has 19 N–H and O–H groups in total. The van der Waals surface area contributed by atoms with Gasteiger partial charge in [-0.2, -0.15) is 4.98 Å². The quantitative estimate of drug-likeness (QED) is 0.00664. The fourth-order valence-electron chi connectivity index (χ4n) is 12.8. The number of hydrogen-bond donors (Lipinski definition) is 17. The largest absolute Gasteiger partial charge is 0.493 e. The van der Waals surface area contributed by atoms with Gasteiger partial charge in [0.05, 0.1) is 99.5 Å². The van der Waals surface area contributed by atoms with Crippen LogP contribution < -0.4 is 83.8 Å². The van der Waals surface area contributed by atoms with Crippen molar-refractivity contribution in [3.05, 3.63) is 112 Å². The third-order valence-electron chi connectivity index (χ3n) is 19.0. The second kappa shape index (κ2) is 46.8. The molecule has 2 saturated heterocycles. The Balaban J connectivity index is 0.827. The number of rotatable bonds is 49. The molecule has 44 nitrogen and oxygen atoms in total. The zero-order valence-electron chi connectivity index (χ0n) is 68.0. The second-order valence-corrected chi connectivity index (χ2v) is 31.1. The van der Waals surface area contributed by atoms with Crippen molar-refractivity contribution in [1.29, 1.82) is 5.41 Å². The first-order valence-corrected chi connectivity index (χ1v) is 41.3. The van der Waals surface area contributed by atoms with E-state index in [9.17, 15) is 87.5 Å². The van der Waals surface area contributed by atoms with Gasteiger partial charge in [-0.1, -0.05) is 51.0 Å². The van der Waals surface area contributed by atoms with Crippen LogP contribution in [-0.2, 0) is 59.3 Å². The number of amides is 9. The highest BCUT2D eigenvalue weighted by atomic mass is 33.1. The van der Waals surface area contributed by atoms with Crippen LogP contribution in [0.2, 0.25) is 0 Å². The molecule has 0 radical (unpaired) electrons. The molecule has 0 spiro atoms. The summed E-state index contributed by atoms with van der Waals surface area (Å²) < 4.78 is 29.0. The molecule has 666 valence electrons. The number of benzene rings is 3. The number of likely N-dealkylation sites (tertiary alicyclic amines) is 1. The molecule has 8 rings (SSSR count). The van der Waals surface area contributed by atoms with Crippen LogP contribution in [0.5, 0.6) is 23.0 Å². The Morgan fingerprint density at radius 1 is 0.710 bits per heavy atom. The summed E-state index contributed by atoms with van der Waals surface area (Å²) in [5.74, 6) is -13.6. The number of carboxylic acid groups (broad SMARTS) is 4.